The maximum Gasteiger partial charge on any atom is 0.338 e. The molecule has 0 spiro atoms. The van der Waals surface area contributed by atoms with Crippen LogP contribution in [0.15, 0.2) is 48.5 Å². The topological polar surface area (TPSA) is 84.9 Å². The van der Waals surface area contributed by atoms with E-state index in [4.69, 9.17) is 9.47 Å². The second-order valence-electron chi connectivity index (χ2n) is 5.85. The lowest BCUT2D eigenvalue weighted by Crippen LogP contribution is -2.41. The molecule has 7 nitrogen and oxygen atoms in total. The van der Waals surface area contributed by atoms with Gasteiger partial charge in [-0.3, -0.25) is 9.69 Å². The molecule has 1 saturated heterocycles. The molecule has 3 amide bonds. The van der Waals surface area contributed by atoms with Crippen molar-refractivity contribution in [1.82, 2.24) is 10.2 Å². The van der Waals surface area contributed by atoms with Crippen molar-refractivity contribution in [1.29, 1.82) is 0 Å². The lowest BCUT2D eigenvalue weighted by molar-refractivity contribution is -0.136. The number of esters is 1. The molecule has 27 heavy (non-hydrogen) atoms. The van der Waals surface area contributed by atoms with E-state index in [0.29, 0.717) is 18.0 Å². The first-order chi connectivity index (χ1) is 12.9. The second kappa shape index (κ2) is 7.86. The molecule has 1 heterocycles. The number of halogens is 1. The predicted molar refractivity (Wildman–Crippen MR) is 92.9 cm³/mol. The Kier molecular flexibility index (Phi) is 5.35. The van der Waals surface area contributed by atoms with Crippen LogP contribution in [0.1, 0.15) is 17.3 Å². The van der Waals surface area contributed by atoms with Gasteiger partial charge in [0, 0.05) is 13.1 Å². The second-order valence-corrected chi connectivity index (χ2v) is 5.85. The van der Waals surface area contributed by atoms with Crippen molar-refractivity contribution < 1.29 is 28.2 Å². The van der Waals surface area contributed by atoms with Gasteiger partial charge in [-0.15, -0.1) is 0 Å². The summed E-state index contributed by atoms with van der Waals surface area (Å²) in [6.07, 6.45) is -1.09. The highest BCUT2D eigenvalue weighted by atomic mass is 19.1. The Labute approximate surface area is 154 Å². The number of hydrogen-bond donors (Lipinski definition) is 1. The molecule has 1 atom stereocenters. The molecule has 0 saturated carbocycles. The van der Waals surface area contributed by atoms with Crippen LogP contribution in [0.3, 0.4) is 0 Å². The molecule has 0 bridgehead atoms. The number of carbonyl (C=O) groups is 3. The van der Waals surface area contributed by atoms with Gasteiger partial charge in [-0.2, -0.15) is 0 Å². The Hall–Kier alpha value is -3.42. The normalized spacial score (nSPS) is 14.4. The first kappa shape index (κ1) is 18.4. The smallest absolute Gasteiger partial charge is 0.338 e. The monoisotopic (exact) mass is 372 g/mol. The van der Waals surface area contributed by atoms with E-state index in [0.717, 1.165) is 4.90 Å². The molecule has 140 valence electrons. The minimum atomic E-state index is -1.09. The molecule has 1 aliphatic rings. The van der Waals surface area contributed by atoms with Gasteiger partial charge >= 0.3 is 12.0 Å². The average Bonchev–Trinajstić information content (AvgIpc) is 3.09. The van der Waals surface area contributed by atoms with Gasteiger partial charge in [0.15, 0.2) is 6.10 Å². The van der Waals surface area contributed by atoms with Crippen LogP contribution in [0.2, 0.25) is 0 Å². The molecule has 0 radical (unpaired) electrons. The average molecular weight is 372 g/mol. The Balaban J connectivity index is 1.59. The number of hydrogen-bond acceptors (Lipinski definition) is 5. The van der Waals surface area contributed by atoms with Gasteiger partial charge in [0.2, 0.25) is 0 Å². The van der Waals surface area contributed by atoms with E-state index in [9.17, 15) is 18.8 Å². The number of amides is 3. The van der Waals surface area contributed by atoms with Crippen molar-refractivity contribution in [3.05, 3.63) is 59.9 Å². The summed E-state index contributed by atoms with van der Waals surface area (Å²) in [5.74, 6) is -0.722. The Bertz CT molecular complexity index is 851. The SMILES string of the molecule is CC(OC(=O)c1ccc(Oc2ccc(F)cc2)cc1)C(=O)N1CCNC1=O. The van der Waals surface area contributed by atoms with Crippen molar-refractivity contribution in [2.24, 2.45) is 0 Å². The van der Waals surface area contributed by atoms with Gasteiger partial charge in [-0.05, 0) is 55.5 Å². The van der Waals surface area contributed by atoms with E-state index < -0.39 is 24.0 Å². The Morgan fingerprint density at radius 3 is 2.22 bits per heavy atom. The number of nitrogens with one attached hydrogen (secondary N) is 1. The third kappa shape index (κ3) is 4.41. The van der Waals surface area contributed by atoms with E-state index in [-0.39, 0.29) is 17.9 Å². The van der Waals surface area contributed by atoms with Crippen LogP contribution in [0.4, 0.5) is 9.18 Å². The standard InChI is InChI=1S/C19H17FN2O5/c1-12(17(23)22-11-10-21-19(22)25)26-18(24)13-2-6-15(7-3-13)27-16-8-4-14(20)5-9-16/h2-9,12H,10-11H2,1H3,(H,21,25). The lowest BCUT2D eigenvalue weighted by atomic mass is 10.2. The minimum absolute atomic E-state index is 0.229. The molecule has 1 aliphatic heterocycles. The van der Waals surface area contributed by atoms with E-state index in [2.05, 4.69) is 5.32 Å². The minimum Gasteiger partial charge on any atom is -0.457 e. The fourth-order valence-electron chi connectivity index (χ4n) is 2.48. The fraction of sp³-hybridized carbons (Fsp3) is 0.211. The number of carbonyl (C=O) groups excluding carboxylic acids is 3. The van der Waals surface area contributed by atoms with Crippen molar-refractivity contribution in [3.8, 4) is 11.5 Å². The van der Waals surface area contributed by atoms with Gasteiger partial charge < -0.3 is 14.8 Å². The Morgan fingerprint density at radius 1 is 1.07 bits per heavy atom. The van der Waals surface area contributed by atoms with Crippen LogP contribution in [-0.2, 0) is 9.53 Å². The maximum absolute atomic E-state index is 12.9. The lowest BCUT2D eigenvalue weighted by Gasteiger charge is -2.18. The first-order valence-electron chi connectivity index (χ1n) is 8.28. The van der Waals surface area contributed by atoms with Gasteiger partial charge in [0.05, 0.1) is 5.56 Å². The van der Waals surface area contributed by atoms with Crippen LogP contribution < -0.4 is 10.1 Å². The summed E-state index contributed by atoms with van der Waals surface area (Å²) >= 11 is 0. The van der Waals surface area contributed by atoms with E-state index in [1.54, 1.807) is 12.1 Å². The van der Waals surface area contributed by atoms with Crippen molar-refractivity contribution in [2.75, 3.05) is 13.1 Å². The van der Waals surface area contributed by atoms with Crippen LogP contribution in [0.25, 0.3) is 0 Å². The number of ether oxygens (including phenoxy) is 2. The molecule has 0 aliphatic carbocycles. The first-order valence-corrected chi connectivity index (χ1v) is 8.28. The predicted octanol–water partition coefficient (Wildman–Crippen LogP) is 2.72. The molecule has 2 aromatic carbocycles. The molecule has 8 heteroatoms. The third-order valence-electron chi connectivity index (χ3n) is 3.89. The van der Waals surface area contributed by atoms with Gasteiger partial charge in [-0.25, -0.2) is 14.0 Å². The van der Waals surface area contributed by atoms with Gasteiger partial charge in [0.1, 0.15) is 17.3 Å². The van der Waals surface area contributed by atoms with Crippen molar-refractivity contribution >= 4 is 17.9 Å². The van der Waals surface area contributed by atoms with Crippen molar-refractivity contribution in [2.45, 2.75) is 13.0 Å². The largest absolute Gasteiger partial charge is 0.457 e. The molecule has 3 rings (SSSR count). The summed E-state index contributed by atoms with van der Waals surface area (Å²) in [6, 6.07) is 11.1. The summed E-state index contributed by atoms with van der Waals surface area (Å²) in [7, 11) is 0. The van der Waals surface area contributed by atoms with E-state index in [1.165, 1.54) is 43.3 Å². The highest BCUT2D eigenvalue weighted by Gasteiger charge is 2.31. The zero-order valence-electron chi connectivity index (χ0n) is 14.5. The molecule has 1 N–H and O–H groups in total. The van der Waals surface area contributed by atoms with Gasteiger partial charge in [0.25, 0.3) is 5.91 Å². The molecular weight excluding hydrogens is 355 g/mol. The maximum atomic E-state index is 12.9. The van der Waals surface area contributed by atoms with Crippen LogP contribution in [0.5, 0.6) is 11.5 Å². The summed E-state index contributed by atoms with van der Waals surface area (Å²) in [4.78, 5) is 36.8. The molecule has 1 fully saturated rings. The van der Waals surface area contributed by atoms with E-state index >= 15 is 0 Å². The summed E-state index contributed by atoms with van der Waals surface area (Å²) in [5.41, 5.74) is 0.229. The number of benzene rings is 2. The zero-order chi connectivity index (χ0) is 19.4. The molecule has 2 aromatic rings. The fourth-order valence-corrected chi connectivity index (χ4v) is 2.48. The molecule has 0 aromatic heterocycles. The van der Waals surface area contributed by atoms with E-state index in [1.807, 2.05) is 0 Å². The number of nitrogens with zero attached hydrogens (tertiary/aromatic N) is 1. The summed E-state index contributed by atoms with van der Waals surface area (Å²) in [5, 5.41) is 2.51. The number of urea groups is 1. The van der Waals surface area contributed by atoms with Gasteiger partial charge in [-0.1, -0.05) is 0 Å². The summed E-state index contributed by atoms with van der Waals surface area (Å²) < 4.78 is 23.6. The highest BCUT2D eigenvalue weighted by molar-refractivity contribution is 5.99. The molecular formula is C19H17FN2O5. The van der Waals surface area contributed by atoms with Crippen LogP contribution >= 0.6 is 0 Å². The van der Waals surface area contributed by atoms with Crippen molar-refractivity contribution in [3.63, 3.8) is 0 Å². The summed E-state index contributed by atoms with van der Waals surface area (Å²) in [6.45, 7) is 2.04. The van der Waals surface area contributed by atoms with Crippen LogP contribution in [0, 0.1) is 5.82 Å². The number of imide groups is 1. The van der Waals surface area contributed by atoms with Crippen LogP contribution in [-0.4, -0.2) is 42.0 Å². The third-order valence-corrected chi connectivity index (χ3v) is 3.89. The zero-order valence-corrected chi connectivity index (χ0v) is 14.5. The molecule has 1 unspecified atom stereocenters. The quantitative estimate of drug-likeness (QED) is 0.816. The Morgan fingerprint density at radius 2 is 1.67 bits per heavy atom. The highest BCUT2D eigenvalue weighted by Crippen LogP contribution is 2.22. The number of rotatable bonds is 5.